The smallest absolute Gasteiger partial charge is 0.246 e. The molecule has 1 aliphatic heterocycles. The van der Waals surface area contributed by atoms with E-state index in [1.165, 1.54) is 11.1 Å². The van der Waals surface area contributed by atoms with Crippen molar-refractivity contribution in [3.63, 3.8) is 0 Å². The molecule has 2 heterocycles. The van der Waals surface area contributed by atoms with E-state index >= 15 is 0 Å². The molecule has 8 heteroatoms. The quantitative estimate of drug-likeness (QED) is 0.576. The van der Waals surface area contributed by atoms with Gasteiger partial charge in [0, 0.05) is 39.9 Å². The number of anilines is 1. The highest BCUT2D eigenvalue weighted by atomic mass is 16.2. The number of aromatic nitrogens is 2. The van der Waals surface area contributed by atoms with Crippen LogP contribution in [0.3, 0.4) is 0 Å². The van der Waals surface area contributed by atoms with Gasteiger partial charge in [-0.3, -0.25) is 14.5 Å². The highest BCUT2D eigenvalue weighted by Crippen LogP contribution is 2.19. The SMILES string of the molecule is CCc1ccc(C(CNC(=NC)N2CCN(c3cnn(C)c3)C(=O)C2)N(C)C)cc1. The van der Waals surface area contributed by atoms with Crippen LogP contribution in [0.4, 0.5) is 5.69 Å². The van der Waals surface area contributed by atoms with Crippen molar-refractivity contribution in [1.82, 2.24) is 24.9 Å². The molecule has 0 radical (unpaired) electrons. The number of hydrogen-bond acceptors (Lipinski definition) is 4. The summed E-state index contributed by atoms with van der Waals surface area (Å²) in [6.07, 6.45) is 4.63. The lowest BCUT2D eigenvalue weighted by atomic mass is 10.0. The second-order valence-electron chi connectivity index (χ2n) is 7.84. The second kappa shape index (κ2) is 9.75. The topological polar surface area (TPSA) is 69.0 Å². The highest BCUT2D eigenvalue weighted by Gasteiger charge is 2.28. The molecular formula is C22H33N7O. The molecule has 1 unspecified atom stereocenters. The molecule has 1 amide bonds. The molecule has 1 fully saturated rings. The predicted octanol–water partition coefficient (Wildman–Crippen LogP) is 1.51. The maximum atomic E-state index is 12.7. The molecule has 0 bridgehead atoms. The number of rotatable bonds is 6. The first-order valence-electron chi connectivity index (χ1n) is 10.4. The zero-order valence-corrected chi connectivity index (χ0v) is 18.7. The fraction of sp³-hybridized carbons (Fsp3) is 0.500. The molecule has 2 aromatic rings. The van der Waals surface area contributed by atoms with Crippen LogP contribution in [0.15, 0.2) is 41.7 Å². The summed E-state index contributed by atoms with van der Waals surface area (Å²) in [4.78, 5) is 23.1. The Morgan fingerprint density at radius 2 is 2.00 bits per heavy atom. The van der Waals surface area contributed by atoms with Gasteiger partial charge in [-0.1, -0.05) is 31.2 Å². The average Bonchev–Trinajstić information content (AvgIpc) is 3.17. The van der Waals surface area contributed by atoms with Crippen molar-refractivity contribution < 1.29 is 4.79 Å². The number of nitrogens with zero attached hydrogens (tertiary/aromatic N) is 6. The molecule has 1 aromatic heterocycles. The van der Waals surface area contributed by atoms with Gasteiger partial charge < -0.3 is 20.0 Å². The van der Waals surface area contributed by atoms with Gasteiger partial charge in [-0.25, -0.2) is 0 Å². The van der Waals surface area contributed by atoms with Crippen LogP contribution < -0.4 is 10.2 Å². The van der Waals surface area contributed by atoms with E-state index in [-0.39, 0.29) is 11.9 Å². The molecule has 1 aromatic carbocycles. The number of piperazine rings is 1. The van der Waals surface area contributed by atoms with Crippen LogP contribution in [0.2, 0.25) is 0 Å². The van der Waals surface area contributed by atoms with Crippen molar-refractivity contribution in [2.75, 3.05) is 52.2 Å². The van der Waals surface area contributed by atoms with Crippen LogP contribution in [0.5, 0.6) is 0 Å². The summed E-state index contributed by atoms with van der Waals surface area (Å²) < 4.78 is 1.71. The standard InChI is InChI=1S/C22H33N7O/c1-6-17-7-9-18(10-8-17)20(26(3)4)14-24-22(23-2)28-11-12-29(21(30)16-28)19-13-25-27(5)15-19/h7-10,13,15,20H,6,11-12,14,16H2,1-5H3,(H,23,24). The molecular weight excluding hydrogens is 378 g/mol. The number of carbonyl (C=O) groups is 1. The van der Waals surface area contributed by atoms with E-state index in [0.717, 1.165) is 24.6 Å². The Balaban J connectivity index is 1.62. The fourth-order valence-electron chi connectivity index (χ4n) is 3.77. The van der Waals surface area contributed by atoms with Crippen molar-refractivity contribution in [1.29, 1.82) is 0 Å². The highest BCUT2D eigenvalue weighted by molar-refractivity contribution is 5.98. The van der Waals surface area contributed by atoms with Gasteiger partial charge >= 0.3 is 0 Å². The number of hydrogen-bond donors (Lipinski definition) is 1. The molecule has 30 heavy (non-hydrogen) atoms. The first-order chi connectivity index (χ1) is 14.4. The van der Waals surface area contributed by atoms with E-state index < -0.39 is 0 Å². The zero-order chi connectivity index (χ0) is 21.7. The normalized spacial score (nSPS) is 16.3. The molecule has 0 saturated carbocycles. The largest absolute Gasteiger partial charge is 0.354 e. The maximum absolute atomic E-state index is 12.7. The number of benzene rings is 1. The Bertz CT molecular complexity index is 872. The minimum atomic E-state index is 0.0523. The molecule has 0 aliphatic carbocycles. The Kier molecular flexibility index (Phi) is 7.10. The van der Waals surface area contributed by atoms with Crippen LogP contribution in [0, 0.1) is 0 Å². The summed E-state index contributed by atoms with van der Waals surface area (Å²) in [5.41, 5.74) is 3.44. The van der Waals surface area contributed by atoms with Crippen molar-refractivity contribution in [2.45, 2.75) is 19.4 Å². The number of aliphatic imine (C=N–C) groups is 1. The lowest BCUT2D eigenvalue weighted by Crippen LogP contribution is -2.56. The third-order valence-electron chi connectivity index (χ3n) is 5.58. The summed E-state index contributed by atoms with van der Waals surface area (Å²) in [5, 5.41) is 7.64. The van der Waals surface area contributed by atoms with Gasteiger partial charge in [0.05, 0.1) is 17.9 Å². The number of guanidine groups is 1. The van der Waals surface area contributed by atoms with Gasteiger partial charge in [0.1, 0.15) is 6.54 Å². The summed E-state index contributed by atoms with van der Waals surface area (Å²) in [6.45, 7) is 4.51. The van der Waals surface area contributed by atoms with Crippen molar-refractivity contribution in [3.8, 4) is 0 Å². The molecule has 0 spiro atoms. The average molecular weight is 412 g/mol. The van der Waals surface area contributed by atoms with Crippen molar-refractivity contribution >= 4 is 17.6 Å². The number of aryl methyl sites for hydroxylation is 2. The van der Waals surface area contributed by atoms with Crippen LogP contribution in [-0.2, 0) is 18.3 Å². The zero-order valence-electron chi connectivity index (χ0n) is 18.7. The van der Waals surface area contributed by atoms with E-state index in [0.29, 0.717) is 19.6 Å². The number of likely N-dealkylation sites (N-methyl/N-ethyl adjacent to an activating group) is 1. The number of nitrogens with one attached hydrogen (secondary N) is 1. The molecule has 8 nitrogen and oxygen atoms in total. The van der Waals surface area contributed by atoms with Crippen LogP contribution >= 0.6 is 0 Å². The number of carbonyl (C=O) groups excluding carboxylic acids is 1. The van der Waals surface area contributed by atoms with Gasteiger partial charge in [0.25, 0.3) is 0 Å². The Hall–Kier alpha value is -2.87. The molecule has 1 N–H and O–H groups in total. The molecule has 3 rings (SSSR count). The van der Waals surface area contributed by atoms with Crippen LogP contribution in [-0.4, -0.2) is 78.8 Å². The van der Waals surface area contributed by atoms with E-state index in [4.69, 9.17) is 0 Å². The minimum absolute atomic E-state index is 0.0523. The van der Waals surface area contributed by atoms with Gasteiger partial charge in [-0.05, 0) is 31.6 Å². The van der Waals surface area contributed by atoms with Crippen molar-refractivity contribution in [2.24, 2.45) is 12.0 Å². The summed E-state index contributed by atoms with van der Waals surface area (Å²) in [5.74, 6) is 0.808. The van der Waals surface area contributed by atoms with Gasteiger partial charge in [0.15, 0.2) is 5.96 Å². The Morgan fingerprint density at radius 3 is 2.53 bits per heavy atom. The Morgan fingerprint density at radius 1 is 1.27 bits per heavy atom. The minimum Gasteiger partial charge on any atom is -0.354 e. The summed E-state index contributed by atoms with van der Waals surface area (Å²) in [6, 6.07) is 8.99. The van der Waals surface area contributed by atoms with E-state index in [1.807, 2.05) is 18.1 Å². The molecule has 162 valence electrons. The van der Waals surface area contributed by atoms with Crippen LogP contribution in [0.25, 0.3) is 0 Å². The third kappa shape index (κ3) is 4.99. The van der Waals surface area contributed by atoms with Gasteiger partial charge in [-0.15, -0.1) is 0 Å². The first kappa shape index (κ1) is 21.8. The van der Waals surface area contributed by atoms with E-state index in [2.05, 4.69) is 65.6 Å². The van der Waals surface area contributed by atoms with Gasteiger partial charge in [0.2, 0.25) is 5.91 Å². The second-order valence-corrected chi connectivity index (χ2v) is 7.84. The van der Waals surface area contributed by atoms with Crippen LogP contribution in [0.1, 0.15) is 24.1 Å². The fourth-order valence-corrected chi connectivity index (χ4v) is 3.77. The first-order valence-corrected chi connectivity index (χ1v) is 10.4. The molecule has 1 atom stereocenters. The van der Waals surface area contributed by atoms with E-state index in [9.17, 15) is 4.79 Å². The van der Waals surface area contributed by atoms with Crippen molar-refractivity contribution in [3.05, 3.63) is 47.8 Å². The Labute approximate surface area is 179 Å². The summed E-state index contributed by atoms with van der Waals surface area (Å²) >= 11 is 0. The molecule has 1 saturated heterocycles. The van der Waals surface area contributed by atoms with E-state index in [1.54, 1.807) is 22.8 Å². The number of amides is 1. The lowest BCUT2D eigenvalue weighted by Gasteiger charge is -2.36. The third-order valence-corrected chi connectivity index (χ3v) is 5.58. The summed E-state index contributed by atoms with van der Waals surface area (Å²) in [7, 11) is 7.78. The van der Waals surface area contributed by atoms with Gasteiger partial charge in [-0.2, -0.15) is 5.10 Å². The molecule has 1 aliphatic rings. The maximum Gasteiger partial charge on any atom is 0.246 e. The monoisotopic (exact) mass is 411 g/mol. The lowest BCUT2D eigenvalue weighted by molar-refractivity contribution is -0.120. The predicted molar refractivity (Wildman–Crippen MR) is 121 cm³/mol.